The zero-order chi connectivity index (χ0) is 21.6. The third kappa shape index (κ3) is 5.79. The molecular formula is C24H25FN4O2. The number of nitrogens with zero attached hydrogens (tertiary/aromatic N) is 1. The summed E-state index contributed by atoms with van der Waals surface area (Å²) in [7, 11) is 0. The van der Waals surface area contributed by atoms with E-state index in [9.17, 15) is 9.18 Å². The lowest BCUT2D eigenvalue weighted by Gasteiger charge is -2.22. The Morgan fingerprint density at radius 1 is 0.968 bits per heavy atom. The molecule has 0 bridgehead atoms. The van der Waals surface area contributed by atoms with Gasteiger partial charge in [0, 0.05) is 40.8 Å². The van der Waals surface area contributed by atoms with Crippen LogP contribution in [0.4, 0.5) is 20.6 Å². The molecule has 1 aliphatic heterocycles. The van der Waals surface area contributed by atoms with Gasteiger partial charge in [-0.2, -0.15) is 0 Å². The number of carbonyl (C=O) groups is 1. The van der Waals surface area contributed by atoms with E-state index in [4.69, 9.17) is 9.72 Å². The Bertz CT molecular complexity index is 1030. The summed E-state index contributed by atoms with van der Waals surface area (Å²) in [5.41, 5.74) is 3.14. The van der Waals surface area contributed by atoms with Crippen LogP contribution in [0.1, 0.15) is 30.1 Å². The van der Waals surface area contributed by atoms with Gasteiger partial charge in [-0.25, -0.2) is 9.18 Å². The third-order valence-corrected chi connectivity index (χ3v) is 5.15. The van der Waals surface area contributed by atoms with Crippen LogP contribution in [0.5, 0.6) is 11.5 Å². The summed E-state index contributed by atoms with van der Waals surface area (Å²) in [4.78, 5) is 16.8. The first-order valence-corrected chi connectivity index (χ1v) is 10.4. The maximum Gasteiger partial charge on any atom is 0.323 e. The van der Waals surface area contributed by atoms with Crippen molar-refractivity contribution in [2.75, 3.05) is 23.7 Å². The Kier molecular flexibility index (Phi) is 6.43. The first kappa shape index (κ1) is 20.8. The molecule has 0 spiro atoms. The number of halogens is 1. The van der Waals surface area contributed by atoms with Gasteiger partial charge in [-0.15, -0.1) is 0 Å². The van der Waals surface area contributed by atoms with Gasteiger partial charge in [0.2, 0.25) is 0 Å². The zero-order valence-electron chi connectivity index (χ0n) is 17.3. The second kappa shape index (κ2) is 9.57. The minimum atomic E-state index is -0.406. The molecule has 0 aliphatic carbocycles. The molecule has 0 atom stereocenters. The number of rotatable bonds is 5. The molecule has 3 N–H and O–H groups in total. The quantitative estimate of drug-likeness (QED) is 0.514. The average Bonchev–Trinajstić information content (AvgIpc) is 2.77. The molecular weight excluding hydrogens is 395 g/mol. The van der Waals surface area contributed by atoms with E-state index < -0.39 is 6.03 Å². The van der Waals surface area contributed by atoms with E-state index in [-0.39, 0.29) is 5.82 Å². The summed E-state index contributed by atoms with van der Waals surface area (Å²) in [5, 5.41) is 8.78. The summed E-state index contributed by atoms with van der Waals surface area (Å²) >= 11 is 0. The summed E-state index contributed by atoms with van der Waals surface area (Å²) in [6.45, 7) is 4.00. The van der Waals surface area contributed by atoms with E-state index in [1.54, 1.807) is 24.3 Å². The van der Waals surface area contributed by atoms with Gasteiger partial charge in [-0.05, 0) is 81.4 Å². The lowest BCUT2D eigenvalue weighted by atomic mass is 9.94. The Labute approximate surface area is 180 Å². The number of carbonyl (C=O) groups excluding carboxylic acids is 1. The highest BCUT2D eigenvalue weighted by Crippen LogP contribution is 2.29. The lowest BCUT2D eigenvalue weighted by Crippen LogP contribution is -2.27. The van der Waals surface area contributed by atoms with E-state index >= 15 is 0 Å². The van der Waals surface area contributed by atoms with Crippen LogP contribution < -0.4 is 20.7 Å². The van der Waals surface area contributed by atoms with Gasteiger partial charge in [0.05, 0.1) is 0 Å². The van der Waals surface area contributed by atoms with Gasteiger partial charge in [-0.1, -0.05) is 0 Å². The lowest BCUT2D eigenvalue weighted by molar-refractivity contribution is 0.262. The van der Waals surface area contributed by atoms with E-state index in [2.05, 4.69) is 16.0 Å². The molecule has 31 heavy (non-hydrogen) atoms. The van der Waals surface area contributed by atoms with Crippen molar-refractivity contribution in [3.05, 3.63) is 77.9 Å². The molecule has 3 aromatic rings. The zero-order valence-corrected chi connectivity index (χ0v) is 17.3. The van der Waals surface area contributed by atoms with E-state index in [1.165, 1.54) is 24.3 Å². The number of aryl methyl sites for hydroxylation is 1. The molecule has 1 saturated heterocycles. The standard InChI is InChI=1S/C24H25FN4O2/c1-16-14-22(15-23(27-16)17-10-12-26-13-11-17)31-21-8-6-20(7-9-21)29-24(30)28-19-4-2-18(25)3-5-19/h2-9,14-15,17,26H,10-13H2,1H3,(H2,28,29,30). The number of hydrogen-bond donors (Lipinski definition) is 3. The van der Waals surface area contributed by atoms with Crippen molar-refractivity contribution in [2.45, 2.75) is 25.7 Å². The van der Waals surface area contributed by atoms with E-state index in [0.717, 1.165) is 43.1 Å². The van der Waals surface area contributed by atoms with E-state index in [1.807, 2.05) is 19.1 Å². The maximum atomic E-state index is 13.0. The fourth-order valence-corrected chi connectivity index (χ4v) is 3.62. The van der Waals surface area contributed by atoms with Crippen LogP contribution in [0.25, 0.3) is 0 Å². The number of aromatic nitrogens is 1. The normalized spacial score (nSPS) is 14.1. The van der Waals surface area contributed by atoms with Crippen LogP contribution in [0, 0.1) is 12.7 Å². The van der Waals surface area contributed by atoms with E-state index in [0.29, 0.717) is 23.0 Å². The number of urea groups is 1. The van der Waals surface area contributed by atoms with Crippen molar-refractivity contribution >= 4 is 17.4 Å². The average molecular weight is 420 g/mol. The van der Waals surface area contributed by atoms with Crippen LogP contribution in [-0.4, -0.2) is 24.1 Å². The molecule has 6 nitrogen and oxygen atoms in total. The molecule has 4 rings (SSSR count). The number of anilines is 2. The van der Waals surface area contributed by atoms with Crippen molar-refractivity contribution < 1.29 is 13.9 Å². The van der Waals surface area contributed by atoms with Crippen LogP contribution in [-0.2, 0) is 0 Å². The monoisotopic (exact) mass is 420 g/mol. The molecule has 1 fully saturated rings. The van der Waals surface area contributed by atoms with Crippen molar-refractivity contribution in [3.8, 4) is 11.5 Å². The van der Waals surface area contributed by atoms with Crippen molar-refractivity contribution in [1.82, 2.24) is 10.3 Å². The largest absolute Gasteiger partial charge is 0.457 e. The third-order valence-electron chi connectivity index (χ3n) is 5.15. The van der Waals surface area contributed by atoms with Gasteiger partial charge in [0.15, 0.2) is 0 Å². The Hall–Kier alpha value is -3.45. The molecule has 1 aliphatic rings. The molecule has 7 heteroatoms. The Balaban J connectivity index is 1.37. The molecule has 1 aromatic heterocycles. The predicted octanol–water partition coefficient (Wildman–Crippen LogP) is 5.43. The SMILES string of the molecule is Cc1cc(Oc2ccc(NC(=O)Nc3ccc(F)cc3)cc2)cc(C2CCNCC2)n1. The highest BCUT2D eigenvalue weighted by Gasteiger charge is 2.17. The smallest absolute Gasteiger partial charge is 0.323 e. The second-order valence-corrected chi connectivity index (χ2v) is 7.61. The highest BCUT2D eigenvalue weighted by atomic mass is 19.1. The number of hydrogen-bond acceptors (Lipinski definition) is 4. The molecule has 2 amide bonds. The first-order chi connectivity index (χ1) is 15.0. The molecule has 2 heterocycles. The molecule has 0 saturated carbocycles. The van der Waals surface area contributed by atoms with Crippen LogP contribution >= 0.6 is 0 Å². The molecule has 0 radical (unpaired) electrons. The first-order valence-electron chi connectivity index (χ1n) is 10.4. The van der Waals surface area contributed by atoms with Crippen LogP contribution in [0.2, 0.25) is 0 Å². The molecule has 0 unspecified atom stereocenters. The van der Waals surface area contributed by atoms with Crippen molar-refractivity contribution in [3.63, 3.8) is 0 Å². The van der Waals surface area contributed by atoms with Crippen molar-refractivity contribution in [2.24, 2.45) is 0 Å². The molecule has 160 valence electrons. The van der Waals surface area contributed by atoms with Gasteiger partial charge in [0.1, 0.15) is 17.3 Å². The van der Waals surface area contributed by atoms with Crippen LogP contribution in [0.3, 0.4) is 0 Å². The number of amides is 2. The number of benzene rings is 2. The van der Waals surface area contributed by atoms with Crippen molar-refractivity contribution in [1.29, 1.82) is 0 Å². The van der Waals surface area contributed by atoms with Gasteiger partial charge in [-0.3, -0.25) is 4.98 Å². The topological polar surface area (TPSA) is 75.3 Å². The summed E-state index contributed by atoms with van der Waals surface area (Å²) in [6.07, 6.45) is 2.16. The van der Waals surface area contributed by atoms with Gasteiger partial charge < -0.3 is 20.7 Å². The second-order valence-electron chi connectivity index (χ2n) is 7.61. The Morgan fingerprint density at radius 2 is 1.58 bits per heavy atom. The number of pyridine rings is 1. The van der Waals surface area contributed by atoms with Crippen LogP contribution in [0.15, 0.2) is 60.7 Å². The van der Waals surface area contributed by atoms with Gasteiger partial charge >= 0.3 is 6.03 Å². The number of nitrogens with one attached hydrogen (secondary N) is 3. The minimum Gasteiger partial charge on any atom is -0.457 e. The fourth-order valence-electron chi connectivity index (χ4n) is 3.62. The number of ether oxygens (including phenoxy) is 1. The summed E-state index contributed by atoms with van der Waals surface area (Å²) in [5.74, 6) is 1.53. The van der Waals surface area contributed by atoms with Gasteiger partial charge in [0.25, 0.3) is 0 Å². The fraction of sp³-hybridized carbons (Fsp3) is 0.250. The highest BCUT2D eigenvalue weighted by molar-refractivity contribution is 5.99. The predicted molar refractivity (Wildman–Crippen MR) is 119 cm³/mol. The Morgan fingerprint density at radius 3 is 2.23 bits per heavy atom. The maximum absolute atomic E-state index is 13.0. The minimum absolute atomic E-state index is 0.353. The summed E-state index contributed by atoms with van der Waals surface area (Å²) < 4.78 is 19.0. The molecule has 2 aromatic carbocycles. The number of piperidine rings is 1. The summed E-state index contributed by atoms with van der Waals surface area (Å²) in [6, 6.07) is 16.2.